The fourth-order valence-electron chi connectivity index (χ4n) is 2.52. The van der Waals surface area contributed by atoms with Gasteiger partial charge >= 0.3 is 11.8 Å². The molecule has 0 saturated heterocycles. The van der Waals surface area contributed by atoms with Gasteiger partial charge in [-0.2, -0.15) is 0 Å². The average Bonchev–Trinajstić information content (AvgIpc) is 2.68. The molecule has 0 bridgehead atoms. The van der Waals surface area contributed by atoms with E-state index in [0.717, 1.165) is 5.56 Å². The summed E-state index contributed by atoms with van der Waals surface area (Å²) in [5, 5.41) is 15.7. The van der Waals surface area contributed by atoms with E-state index in [-0.39, 0.29) is 12.2 Å². The highest BCUT2D eigenvalue weighted by molar-refractivity contribution is 6.39. The Balaban J connectivity index is 1.89. The Bertz CT molecular complexity index is 897. The molecule has 2 aromatic carbocycles. The van der Waals surface area contributed by atoms with Crippen LogP contribution in [0.1, 0.15) is 11.1 Å². The van der Waals surface area contributed by atoms with Crippen LogP contribution in [0.3, 0.4) is 0 Å². The van der Waals surface area contributed by atoms with Crippen molar-refractivity contribution in [1.29, 1.82) is 0 Å². The summed E-state index contributed by atoms with van der Waals surface area (Å²) >= 11 is 0. The molecule has 0 aliphatic rings. The van der Waals surface area contributed by atoms with Gasteiger partial charge in [-0.05, 0) is 42.7 Å². The third-order valence-electron chi connectivity index (χ3n) is 4.02. The van der Waals surface area contributed by atoms with Gasteiger partial charge in [0, 0.05) is 24.4 Å². The average molecular weight is 387 g/mol. The van der Waals surface area contributed by atoms with Gasteiger partial charge < -0.3 is 20.1 Å². The molecule has 0 aliphatic heterocycles. The number of nitrogens with one attached hydrogen (secondary N) is 2. The van der Waals surface area contributed by atoms with E-state index in [9.17, 15) is 19.7 Å². The molecular weight excluding hydrogens is 366 g/mol. The minimum Gasteiger partial charge on any atom is -0.493 e. The molecular formula is C19H21N3O6. The number of hydrogen-bond acceptors (Lipinski definition) is 6. The first kappa shape index (κ1) is 20.7. The Hall–Kier alpha value is -3.62. The minimum absolute atomic E-state index is 0.0881. The van der Waals surface area contributed by atoms with Gasteiger partial charge in [0.15, 0.2) is 11.5 Å². The lowest BCUT2D eigenvalue weighted by molar-refractivity contribution is -0.384. The summed E-state index contributed by atoms with van der Waals surface area (Å²) in [6.07, 6.45) is 0.496. The van der Waals surface area contributed by atoms with Crippen molar-refractivity contribution in [2.24, 2.45) is 0 Å². The Labute approximate surface area is 161 Å². The summed E-state index contributed by atoms with van der Waals surface area (Å²) in [4.78, 5) is 34.2. The lowest BCUT2D eigenvalue weighted by Crippen LogP contribution is -2.36. The number of benzene rings is 2. The van der Waals surface area contributed by atoms with E-state index in [2.05, 4.69) is 10.6 Å². The zero-order valence-corrected chi connectivity index (χ0v) is 15.8. The molecule has 0 unspecified atom stereocenters. The van der Waals surface area contributed by atoms with Crippen molar-refractivity contribution >= 4 is 23.2 Å². The molecule has 9 heteroatoms. The maximum atomic E-state index is 12.0. The maximum absolute atomic E-state index is 12.0. The second-order valence-corrected chi connectivity index (χ2v) is 5.91. The van der Waals surface area contributed by atoms with Crippen molar-refractivity contribution in [2.45, 2.75) is 13.3 Å². The van der Waals surface area contributed by atoms with E-state index >= 15 is 0 Å². The van der Waals surface area contributed by atoms with Crippen LogP contribution in [0.4, 0.5) is 11.4 Å². The predicted octanol–water partition coefficient (Wildman–Crippen LogP) is 2.22. The molecule has 2 amide bonds. The van der Waals surface area contributed by atoms with Crippen LogP contribution in [0.2, 0.25) is 0 Å². The second kappa shape index (κ2) is 9.36. The molecule has 0 atom stereocenters. The Morgan fingerprint density at radius 2 is 1.75 bits per heavy atom. The molecule has 0 fully saturated rings. The number of rotatable bonds is 7. The van der Waals surface area contributed by atoms with Crippen LogP contribution in [-0.2, 0) is 16.0 Å². The number of anilines is 1. The quantitative estimate of drug-likeness (QED) is 0.427. The number of ether oxygens (including phenoxy) is 2. The lowest BCUT2D eigenvalue weighted by atomic mass is 10.1. The van der Waals surface area contributed by atoms with Gasteiger partial charge in [-0.1, -0.05) is 6.07 Å². The zero-order chi connectivity index (χ0) is 20.7. The van der Waals surface area contributed by atoms with Crippen molar-refractivity contribution in [1.82, 2.24) is 5.32 Å². The van der Waals surface area contributed by atoms with E-state index in [1.54, 1.807) is 26.2 Å². The number of hydrogen-bond donors (Lipinski definition) is 2. The molecule has 0 spiro atoms. The van der Waals surface area contributed by atoms with Crippen LogP contribution in [0.15, 0.2) is 36.4 Å². The standard InChI is InChI=1S/C19H21N3O6/c1-12-10-14(22(25)26)5-6-15(12)21-19(24)18(23)20-9-8-13-4-7-16(27-2)17(11-13)28-3/h4-7,10-11H,8-9H2,1-3H3,(H,20,23)(H,21,24). The summed E-state index contributed by atoms with van der Waals surface area (Å²) in [6.45, 7) is 1.86. The van der Waals surface area contributed by atoms with Crippen molar-refractivity contribution in [3.63, 3.8) is 0 Å². The van der Waals surface area contributed by atoms with E-state index in [4.69, 9.17) is 9.47 Å². The molecule has 2 aromatic rings. The monoisotopic (exact) mass is 387 g/mol. The third-order valence-corrected chi connectivity index (χ3v) is 4.02. The zero-order valence-electron chi connectivity index (χ0n) is 15.8. The first-order valence-electron chi connectivity index (χ1n) is 8.40. The van der Waals surface area contributed by atoms with Crippen LogP contribution in [0.5, 0.6) is 11.5 Å². The van der Waals surface area contributed by atoms with Crippen LogP contribution >= 0.6 is 0 Å². The normalized spacial score (nSPS) is 10.1. The minimum atomic E-state index is -0.843. The maximum Gasteiger partial charge on any atom is 0.313 e. The fraction of sp³-hybridized carbons (Fsp3) is 0.263. The van der Waals surface area contributed by atoms with Gasteiger partial charge in [0.2, 0.25) is 0 Å². The van der Waals surface area contributed by atoms with Gasteiger partial charge in [0.1, 0.15) is 0 Å². The molecule has 28 heavy (non-hydrogen) atoms. The number of carbonyl (C=O) groups excluding carboxylic acids is 2. The molecule has 0 saturated carbocycles. The number of aryl methyl sites for hydroxylation is 1. The number of carbonyl (C=O) groups is 2. The van der Waals surface area contributed by atoms with E-state index in [1.165, 1.54) is 25.3 Å². The number of methoxy groups -OCH3 is 2. The van der Waals surface area contributed by atoms with Crippen LogP contribution in [0, 0.1) is 17.0 Å². The molecule has 148 valence electrons. The molecule has 0 heterocycles. The van der Waals surface area contributed by atoms with Crippen molar-refractivity contribution in [2.75, 3.05) is 26.1 Å². The molecule has 0 aromatic heterocycles. The fourth-order valence-corrected chi connectivity index (χ4v) is 2.52. The van der Waals surface area contributed by atoms with Crippen LogP contribution in [0.25, 0.3) is 0 Å². The van der Waals surface area contributed by atoms with Gasteiger partial charge in [0.05, 0.1) is 19.1 Å². The van der Waals surface area contributed by atoms with Gasteiger partial charge in [-0.25, -0.2) is 0 Å². The van der Waals surface area contributed by atoms with Crippen LogP contribution < -0.4 is 20.1 Å². The Morgan fingerprint density at radius 1 is 1.04 bits per heavy atom. The smallest absolute Gasteiger partial charge is 0.313 e. The highest BCUT2D eigenvalue weighted by atomic mass is 16.6. The van der Waals surface area contributed by atoms with Gasteiger partial charge in [0.25, 0.3) is 5.69 Å². The first-order valence-corrected chi connectivity index (χ1v) is 8.40. The SMILES string of the molecule is COc1ccc(CCNC(=O)C(=O)Nc2ccc([N+](=O)[O-])cc2C)cc1OC. The summed E-state index contributed by atoms with van der Waals surface area (Å²) in [6, 6.07) is 9.38. The number of non-ortho nitro benzene ring substituents is 1. The lowest BCUT2D eigenvalue weighted by Gasteiger charge is -2.10. The highest BCUT2D eigenvalue weighted by Crippen LogP contribution is 2.27. The van der Waals surface area contributed by atoms with E-state index in [0.29, 0.717) is 29.2 Å². The summed E-state index contributed by atoms with van der Waals surface area (Å²) in [5.41, 5.74) is 1.64. The number of nitro groups is 1. The van der Waals surface area contributed by atoms with Crippen LogP contribution in [-0.4, -0.2) is 37.5 Å². The Morgan fingerprint density at radius 3 is 2.36 bits per heavy atom. The highest BCUT2D eigenvalue weighted by Gasteiger charge is 2.16. The largest absolute Gasteiger partial charge is 0.493 e. The van der Waals surface area contributed by atoms with E-state index in [1.807, 2.05) is 6.07 Å². The third kappa shape index (κ3) is 5.19. The van der Waals surface area contributed by atoms with Gasteiger partial charge in [-0.3, -0.25) is 19.7 Å². The van der Waals surface area contributed by atoms with E-state index < -0.39 is 16.7 Å². The van der Waals surface area contributed by atoms with Gasteiger partial charge in [-0.15, -0.1) is 0 Å². The van der Waals surface area contributed by atoms with Crippen molar-refractivity contribution in [3.8, 4) is 11.5 Å². The van der Waals surface area contributed by atoms with Crippen molar-refractivity contribution < 1.29 is 24.0 Å². The number of amides is 2. The molecule has 2 N–H and O–H groups in total. The molecule has 9 nitrogen and oxygen atoms in total. The molecule has 0 aliphatic carbocycles. The number of nitrogens with zero attached hydrogens (tertiary/aromatic N) is 1. The number of nitro benzene ring substituents is 1. The molecule has 0 radical (unpaired) electrons. The molecule has 2 rings (SSSR count). The van der Waals surface area contributed by atoms with Crippen molar-refractivity contribution in [3.05, 3.63) is 57.6 Å². The topological polar surface area (TPSA) is 120 Å². The summed E-state index contributed by atoms with van der Waals surface area (Å²) < 4.78 is 10.4. The summed E-state index contributed by atoms with van der Waals surface area (Å²) in [5.74, 6) is -0.451. The Kier molecular flexibility index (Phi) is 6.91. The predicted molar refractivity (Wildman–Crippen MR) is 103 cm³/mol. The summed E-state index contributed by atoms with van der Waals surface area (Å²) in [7, 11) is 3.08. The second-order valence-electron chi connectivity index (χ2n) is 5.91. The first-order chi connectivity index (χ1) is 13.3.